The van der Waals surface area contributed by atoms with E-state index in [-0.39, 0.29) is 6.61 Å². The molecule has 2 rings (SSSR count). The minimum absolute atomic E-state index is 0.0923. The molecule has 0 amide bonds. The fourth-order valence-corrected chi connectivity index (χ4v) is 2.08. The van der Waals surface area contributed by atoms with Crippen LogP contribution in [0.5, 0.6) is 0 Å². The van der Waals surface area contributed by atoms with Crippen molar-refractivity contribution in [2.45, 2.75) is 33.0 Å². The highest BCUT2D eigenvalue weighted by molar-refractivity contribution is 5.63. The first-order chi connectivity index (χ1) is 9.69. The molecule has 106 valence electrons. The average molecular weight is 270 g/mol. The number of aliphatic hydroxyl groups is 1. The molecule has 0 saturated heterocycles. The second-order valence-corrected chi connectivity index (χ2v) is 5.22. The maximum absolute atomic E-state index is 9.04. The lowest BCUT2D eigenvalue weighted by molar-refractivity contribution is 0.0813. The van der Waals surface area contributed by atoms with E-state index in [4.69, 9.17) is 9.84 Å². The van der Waals surface area contributed by atoms with Gasteiger partial charge in [0.2, 0.25) is 0 Å². The minimum Gasteiger partial charge on any atom is -0.392 e. The topological polar surface area (TPSA) is 29.5 Å². The Bertz CT molecular complexity index is 512. The summed E-state index contributed by atoms with van der Waals surface area (Å²) < 4.78 is 5.56. The minimum atomic E-state index is 0.0923. The van der Waals surface area contributed by atoms with Crippen molar-refractivity contribution in [2.24, 2.45) is 0 Å². The van der Waals surface area contributed by atoms with Crippen LogP contribution in [0.3, 0.4) is 0 Å². The summed E-state index contributed by atoms with van der Waals surface area (Å²) in [7, 11) is 0. The molecule has 0 saturated carbocycles. The molecule has 1 N–H and O–H groups in total. The zero-order valence-electron chi connectivity index (χ0n) is 12.2. The summed E-state index contributed by atoms with van der Waals surface area (Å²) in [5.74, 6) is 0. The monoisotopic (exact) mass is 270 g/mol. The normalized spacial score (nSPS) is 11.0. The van der Waals surface area contributed by atoms with Gasteiger partial charge in [0.15, 0.2) is 0 Å². The molecule has 2 aromatic rings. The van der Waals surface area contributed by atoms with Crippen LogP contribution in [0.1, 0.15) is 25.0 Å². The van der Waals surface area contributed by atoms with Crippen molar-refractivity contribution in [3.05, 3.63) is 59.7 Å². The van der Waals surface area contributed by atoms with E-state index < -0.39 is 0 Å². The Morgan fingerprint density at radius 3 is 1.80 bits per heavy atom. The van der Waals surface area contributed by atoms with Crippen molar-refractivity contribution in [3.63, 3.8) is 0 Å². The Labute approximate surface area is 121 Å². The van der Waals surface area contributed by atoms with Crippen molar-refractivity contribution in [3.8, 4) is 11.1 Å². The Hall–Kier alpha value is -1.64. The first-order valence-corrected chi connectivity index (χ1v) is 7.10. The Kier molecular flexibility index (Phi) is 5.33. The van der Waals surface area contributed by atoms with Crippen molar-refractivity contribution >= 4 is 0 Å². The molecular weight excluding hydrogens is 248 g/mol. The fraction of sp³-hybridized carbons (Fsp3) is 0.333. The molecule has 0 unspecified atom stereocenters. The standard InChI is InChI=1S/C18H22O2/c1-14(2)20-12-11-15-3-7-17(8-4-15)18-9-5-16(13-19)6-10-18/h3-10,14,19H,11-13H2,1-2H3. The van der Waals surface area contributed by atoms with Gasteiger partial charge in [0.25, 0.3) is 0 Å². The van der Waals surface area contributed by atoms with Crippen molar-refractivity contribution in [1.29, 1.82) is 0 Å². The Balaban J connectivity index is 1.99. The van der Waals surface area contributed by atoms with E-state index in [0.29, 0.717) is 6.10 Å². The summed E-state index contributed by atoms with van der Waals surface area (Å²) in [4.78, 5) is 0. The zero-order valence-corrected chi connectivity index (χ0v) is 12.2. The average Bonchev–Trinajstić information content (AvgIpc) is 2.48. The number of ether oxygens (including phenoxy) is 1. The molecule has 0 spiro atoms. The molecule has 0 aliphatic carbocycles. The number of hydrogen-bond donors (Lipinski definition) is 1. The second-order valence-electron chi connectivity index (χ2n) is 5.22. The molecule has 0 aliphatic rings. The first-order valence-electron chi connectivity index (χ1n) is 7.10. The predicted octanol–water partition coefficient (Wildman–Crippen LogP) is 3.81. The van der Waals surface area contributed by atoms with Crippen molar-refractivity contribution in [2.75, 3.05) is 6.61 Å². The Morgan fingerprint density at radius 2 is 1.35 bits per heavy atom. The molecule has 0 fully saturated rings. The summed E-state index contributed by atoms with van der Waals surface area (Å²) >= 11 is 0. The maximum Gasteiger partial charge on any atom is 0.0681 e. The second kappa shape index (κ2) is 7.22. The van der Waals surface area contributed by atoms with Gasteiger partial charge in [-0.1, -0.05) is 48.5 Å². The van der Waals surface area contributed by atoms with Crippen LogP contribution >= 0.6 is 0 Å². The molecule has 0 heterocycles. The van der Waals surface area contributed by atoms with E-state index in [1.165, 1.54) is 16.7 Å². The van der Waals surface area contributed by atoms with E-state index in [1.54, 1.807) is 0 Å². The number of aliphatic hydroxyl groups excluding tert-OH is 1. The Morgan fingerprint density at radius 1 is 0.850 bits per heavy atom. The van der Waals surface area contributed by atoms with Crippen LogP contribution in [-0.2, 0) is 17.8 Å². The van der Waals surface area contributed by atoms with Gasteiger partial charge in [0, 0.05) is 0 Å². The molecule has 2 heteroatoms. The SMILES string of the molecule is CC(C)OCCc1ccc(-c2ccc(CO)cc2)cc1. The molecule has 0 aliphatic heterocycles. The van der Waals surface area contributed by atoms with E-state index in [0.717, 1.165) is 18.6 Å². The first kappa shape index (κ1) is 14.8. The van der Waals surface area contributed by atoms with Crippen LogP contribution in [0.4, 0.5) is 0 Å². The van der Waals surface area contributed by atoms with Gasteiger partial charge in [-0.3, -0.25) is 0 Å². The predicted molar refractivity (Wildman–Crippen MR) is 82.6 cm³/mol. The molecule has 0 radical (unpaired) electrons. The zero-order chi connectivity index (χ0) is 14.4. The van der Waals surface area contributed by atoms with Gasteiger partial charge >= 0.3 is 0 Å². The summed E-state index contributed by atoms with van der Waals surface area (Å²) in [6, 6.07) is 16.6. The summed E-state index contributed by atoms with van der Waals surface area (Å²) in [6.07, 6.45) is 1.24. The van der Waals surface area contributed by atoms with Gasteiger partial charge in [-0.25, -0.2) is 0 Å². The van der Waals surface area contributed by atoms with Gasteiger partial charge in [0.1, 0.15) is 0 Å². The third-order valence-electron chi connectivity index (χ3n) is 3.27. The van der Waals surface area contributed by atoms with Gasteiger partial charge < -0.3 is 9.84 Å². The lowest BCUT2D eigenvalue weighted by Crippen LogP contribution is -2.05. The van der Waals surface area contributed by atoms with Crippen LogP contribution in [0.15, 0.2) is 48.5 Å². The molecule has 0 aromatic heterocycles. The largest absolute Gasteiger partial charge is 0.392 e. The van der Waals surface area contributed by atoms with E-state index in [1.807, 2.05) is 24.3 Å². The number of rotatable bonds is 6. The van der Waals surface area contributed by atoms with Crippen LogP contribution in [0, 0.1) is 0 Å². The molecule has 20 heavy (non-hydrogen) atoms. The highest BCUT2D eigenvalue weighted by Gasteiger charge is 2.00. The van der Waals surface area contributed by atoms with Gasteiger partial charge in [-0.2, -0.15) is 0 Å². The lowest BCUT2D eigenvalue weighted by atomic mass is 10.0. The van der Waals surface area contributed by atoms with E-state index in [2.05, 4.69) is 38.1 Å². The molecule has 2 nitrogen and oxygen atoms in total. The van der Waals surface area contributed by atoms with Gasteiger partial charge in [0.05, 0.1) is 19.3 Å². The summed E-state index contributed by atoms with van der Waals surface area (Å²) in [6.45, 7) is 4.97. The highest BCUT2D eigenvalue weighted by Crippen LogP contribution is 2.20. The maximum atomic E-state index is 9.04. The number of hydrogen-bond acceptors (Lipinski definition) is 2. The number of benzene rings is 2. The third-order valence-corrected chi connectivity index (χ3v) is 3.27. The highest BCUT2D eigenvalue weighted by atomic mass is 16.5. The van der Waals surface area contributed by atoms with Gasteiger partial charge in [-0.15, -0.1) is 0 Å². The molecule has 0 atom stereocenters. The van der Waals surface area contributed by atoms with Crippen LogP contribution in [0.2, 0.25) is 0 Å². The quantitative estimate of drug-likeness (QED) is 0.864. The third kappa shape index (κ3) is 4.19. The van der Waals surface area contributed by atoms with Gasteiger partial charge in [-0.05, 0) is 42.5 Å². The molecule has 0 bridgehead atoms. The fourth-order valence-electron chi connectivity index (χ4n) is 2.08. The molecule has 2 aromatic carbocycles. The smallest absolute Gasteiger partial charge is 0.0681 e. The van der Waals surface area contributed by atoms with E-state index in [9.17, 15) is 0 Å². The molecular formula is C18H22O2. The summed E-state index contributed by atoms with van der Waals surface area (Å²) in [5.41, 5.74) is 4.60. The van der Waals surface area contributed by atoms with E-state index >= 15 is 0 Å². The van der Waals surface area contributed by atoms with Crippen molar-refractivity contribution < 1.29 is 9.84 Å². The lowest BCUT2D eigenvalue weighted by Gasteiger charge is -2.08. The van der Waals surface area contributed by atoms with Crippen LogP contribution in [-0.4, -0.2) is 17.8 Å². The van der Waals surface area contributed by atoms with Crippen LogP contribution in [0.25, 0.3) is 11.1 Å². The van der Waals surface area contributed by atoms with Crippen LogP contribution < -0.4 is 0 Å². The summed E-state index contributed by atoms with van der Waals surface area (Å²) in [5, 5.41) is 9.04. The van der Waals surface area contributed by atoms with Crippen molar-refractivity contribution in [1.82, 2.24) is 0 Å².